The van der Waals surface area contributed by atoms with Gasteiger partial charge in [0.05, 0.1) is 17.9 Å². The number of rotatable bonds is 4. The largest absolute Gasteiger partial charge is 0.328 e. The van der Waals surface area contributed by atoms with Crippen LogP contribution in [-0.2, 0) is 9.59 Å². The first-order valence-corrected chi connectivity index (χ1v) is 7.24. The zero-order chi connectivity index (χ0) is 12.9. The predicted octanol–water partition coefficient (Wildman–Crippen LogP) is 1.14. The lowest BCUT2D eigenvalue weighted by atomic mass is 10.00. The van der Waals surface area contributed by atoms with E-state index in [0.717, 1.165) is 32.1 Å². The Morgan fingerprint density at radius 3 is 2.17 bits per heavy atom. The third kappa shape index (κ3) is 1.69. The molecule has 0 aromatic heterocycles. The van der Waals surface area contributed by atoms with Crippen molar-refractivity contribution in [2.24, 2.45) is 29.4 Å². The highest BCUT2D eigenvalue weighted by Crippen LogP contribution is 2.47. The number of nitrogens with two attached hydrogens (primary N) is 1. The quantitative estimate of drug-likeness (QED) is 0.761. The number of amides is 2. The highest BCUT2D eigenvalue weighted by Gasteiger charge is 2.55. The van der Waals surface area contributed by atoms with Gasteiger partial charge in [0.2, 0.25) is 11.8 Å². The second-order valence-electron chi connectivity index (χ2n) is 6.15. The molecule has 4 heteroatoms. The monoisotopic (exact) mass is 250 g/mol. The van der Waals surface area contributed by atoms with Crippen molar-refractivity contribution >= 4 is 11.8 Å². The lowest BCUT2D eigenvalue weighted by Gasteiger charge is -2.26. The van der Waals surface area contributed by atoms with Gasteiger partial charge >= 0.3 is 0 Å². The van der Waals surface area contributed by atoms with Crippen LogP contribution >= 0.6 is 0 Å². The minimum Gasteiger partial charge on any atom is -0.328 e. The van der Waals surface area contributed by atoms with E-state index in [4.69, 9.17) is 5.73 Å². The van der Waals surface area contributed by atoms with Gasteiger partial charge in [-0.25, -0.2) is 0 Å². The standard InChI is InChI=1S/C14H22N2O2/c1-2-8-5-10-11(6-8)14(18)16(13(10)17)12(7-15)9-3-4-9/h8-12H,2-7,15H2,1H3. The molecule has 0 aromatic rings. The van der Waals surface area contributed by atoms with Gasteiger partial charge in [0.25, 0.3) is 0 Å². The van der Waals surface area contributed by atoms with Gasteiger partial charge in [0, 0.05) is 6.54 Å². The third-order valence-electron chi connectivity index (χ3n) is 5.09. The molecule has 4 nitrogen and oxygen atoms in total. The van der Waals surface area contributed by atoms with Crippen LogP contribution in [0.5, 0.6) is 0 Å². The highest BCUT2D eigenvalue weighted by atomic mass is 16.2. The molecule has 0 aromatic carbocycles. The van der Waals surface area contributed by atoms with Crippen molar-refractivity contribution in [3.8, 4) is 0 Å². The molecule has 0 radical (unpaired) electrons. The van der Waals surface area contributed by atoms with E-state index in [1.54, 1.807) is 4.90 Å². The van der Waals surface area contributed by atoms with Crippen LogP contribution < -0.4 is 5.73 Å². The molecule has 2 saturated carbocycles. The first kappa shape index (κ1) is 12.2. The summed E-state index contributed by atoms with van der Waals surface area (Å²) in [5.74, 6) is 1.12. The van der Waals surface area contributed by atoms with Crippen LogP contribution in [0.2, 0.25) is 0 Å². The molecule has 1 heterocycles. The number of hydrogen-bond donors (Lipinski definition) is 1. The van der Waals surface area contributed by atoms with Crippen LogP contribution in [0.1, 0.15) is 39.0 Å². The molecule has 2 aliphatic carbocycles. The molecule has 3 atom stereocenters. The molecule has 3 rings (SSSR count). The molecule has 0 bridgehead atoms. The molecule has 3 unspecified atom stereocenters. The van der Waals surface area contributed by atoms with Crippen LogP contribution in [0, 0.1) is 23.7 Å². The van der Waals surface area contributed by atoms with E-state index < -0.39 is 0 Å². The lowest BCUT2D eigenvalue weighted by molar-refractivity contribution is -0.143. The Labute approximate surface area is 108 Å². The molecule has 3 fully saturated rings. The lowest BCUT2D eigenvalue weighted by Crippen LogP contribution is -2.46. The van der Waals surface area contributed by atoms with Crippen molar-refractivity contribution in [1.29, 1.82) is 0 Å². The summed E-state index contributed by atoms with van der Waals surface area (Å²) in [4.78, 5) is 26.4. The van der Waals surface area contributed by atoms with Crippen LogP contribution in [0.25, 0.3) is 0 Å². The average molecular weight is 250 g/mol. The average Bonchev–Trinajstić information content (AvgIpc) is 3.06. The Morgan fingerprint density at radius 1 is 1.22 bits per heavy atom. The molecular formula is C14H22N2O2. The van der Waals surface area contributed by atoms with Gasteiger partial charge in [-0.05, 0) is 37.5 Å². The number of carbonyl (C=O) groups excluding carboxylic acids is 2. The van der Waals surface area contributed by atoms with Gasteiger partial charge in [-0.15, -0.1) is 0 Å². The number of fused-ring (bicyclic) bond motifs is 1. The second kappa shape index (κ2) is 4.34. The van der Waals surface area contributed by atoms with Crippen molar-refractivity contribution < 1.29 is 9.59 Å². The van der Waals surface area contributed by atoms with E-state index in [1.807, 2.05) is 0 Å². The fourth-order valence-electron chi connectivity index (χ4n) is 3.80. The maximum Gasteiger partial charge on any atom is 0.233 e. The molecule has 100 valence electrons. The predicted molar refractivity (Wildman–Crippen MR) is 67.4 cm³/mol. The molecule has 2 N–H and O–H groups in total. The van der Waals surface area contributed by atoms with Crippen LogP contribution in [0.15, 0.2) is 0 Å². The first-order valence-electron chi connectivity index (χ1n) is 7.24. The van der Waals surface area contributed by atoms with Crippen LogP contribution in [-0.4, -0.2) is 29.3 Å². The van der Waals surface area contributed by atoms with Crippen molar-refractivity contribution in [1.82, 2.24) is 4.90 Å². The van der Waals surface area contributed by atoms with E-state index in [2.05, 4.69) is 6.92 Å². The van der Waals surface area contributed by atoms with Gasteiger partial charge in [0.15, 0.2) is 0 Å². The zero-order valence-corrected chi connectivity index (χ0v) is 11.0. The Kier molecular flexibility index (Phi) is 2.93. The fraction of sp³-hybridized carbons (Fsp3) is 0.857. The van der Waals surface area contributed by atoms with Gasteiger partial charge < -0.3 is 5.73 Å². The number of carbonyl (C=O) groups is 2. The third-order valence-corrected chi connectivity index (χ3v) is 5.09. The smallest absolute Gasteiger partial charge is 0.233 e. The summed E-state index contributed by atoms with van der Waals surface area (Å²) in [6.07, 6.45) is 5.13. The van der Waals surface area contributed by atoms with Gasteiger partial charge in [0.1, 0.15) is 0 Å². The summed E-state index contributed by atoms with van der Waals surface area (Å²) in [7, 11) is 0. The minimum absolute atomic E-state index is 0.0179. The van der Waals surface area contributed by atoms with Crippen molar-refractivity contribution in [2.75, 3.05) is 6.54 Å². The van der Waals surface area contributed by atoms with Gasteiger partial charge in [-0.1, -0.05) is 13.3 Å². The van der Waals surface area contributed by atoms with E-state index >= 15 is 0 Å². The molecular weight excluding hydrogens is 228 g/mol. The number of imide groups is 1. The van der Waals surface area contributed by atoms with Crippen molar-refractivity contribution in [3.05, 3.63) is 0 Å². The van der Waals surface area contributed by atoms with Gasteiger partial charge in [-0.3, -0.25) is 14.5 Å². The fourth-order valence-corrected chi connectivity index (χ4v) is 3.80. The normalized spacial score (nSPS) is 37.2. The summed E-state index contributed by atoms with van der Waals surface area (Å²) in [5.41, 5.74) is 5.78. The molecule has 2 amide bonds. The summed E-state index contributed by atoms with van der Waals surface area (Å²) in [6, 6.07) is -0.0179. The maximum atomic E-state index is 12.4. The molecule has 1 aliphatic heterocycles. The maximum absolute atomic E-state index is 12.4. The number of nitrogens with zero attached hydrogens (tertiary/aromatic N) is 1. The Morgan fingerprint density at radius 2 is 1.78 bits per heavy atom. The van der Waals surface area contributed by atoms with Crippen molar-refractivity contribution in [3.63, 3.8) is 0 Å². The second-order valence-corrected chi connectivity index (χ2v) is 6.15. The van der Waals surface area contributed by atoms with E-state index in [9.17, 15) is 9.59 Å². The van der Waals surface area contributed by atoms with Crippen LogP contribution in [0.3, 0.4) is 0 Å². The Bertz CT molecular complexity index is 354. The first-order chi connectivity index (χ1) is 8.67. The van der Waals surface area contributed by atoms with E-state index in [-0.39, 0.29) is 29.7 Å². The van der Waals surface area contributed by atoms with Gasteiger partial charge in [-0.2, -0.15) is 0 Å². The number of likely N-dealkylation sites (tertiary alicyclic amines) is 1. The summed E-state index contributed by atoms with van der Waals surface area (Å²) >= 11 is 0. The number of hydrogen-bond acceptors (Lipinski definition) is 3. The summed E-state index contributed by atoms with van der Waals surface area (Å²) in [5, 5.41) is 0. The van der Waals surface area contributed by atoms with E-state index in [0.29, 0.717) is 18.4 Å². The van der Waals surface area contributed by atoms with Crippen molar-refractivity contribution in [2.45, 2.75) is 45.1 Å². The minimum atomic E-state index is -0.0322. The molecule has 3 aliphatic rings. The Hall–Kier alpha value is -0.900. The zero-order valence-electron chi connectivity index (χ0n) is 11.0. The molecule has 1 saturated heterocycles. The summed E-state index contributed by atoms with van der Waals surface area (Å²) in [6.45, 7) is 2.57. The molecule has 18 heavy (non-hydrogen) atoms. The highest BCUT2D eigenvalue weighted by molar-refractivity contribution is 6.05. The SMILES string of the molecule is CCC1CC2C(=O)N(C(CN)C3CC3)C(=O)C2C1. The van der Waals surface area contributed by atoms with E-state index in [1.165, 1.54) is 0 Å². The molecule has 0 spiro atoms. The topological polar surface area (TPSA) is 63.4 Å². The summed E-state index contributed by atoms with van der Waals surface area (Å²) < 4.78 is 0. The van der Waals surface area contributed by atoms with Crippen LogP contribution in [0.4, 0.5) is 0 Å². The Balaban J connectivity index is 1.79.